The van der Waals surface area contributed by atoms with Crippen LogP contribution >= 0.6 is 0 Å². The highest BCUT2D eigenvalue weighted by Crippen LogP contribution is 2.27. The lowest BCUT2D eigenvalue weighted by atomic mass is 10.1. The standard InChI is InChI=1S/C28H30N4O3/c1-34-23-13-11-22(12-14-23)27-24(20-32(30-27)19-21-8-3-2-4-9-21)28(33)29-18-25(26-10-7-17-35-26)31-15-5-6-16-31/h2-4,7-14,17,20,25H,5-6,15-16,18-19H2,1H3,(H,29,33). The lowest BCUT2D eigenvalue weighted by Gasteiger charge is -2.26. The van der Waals surface area contributed by atoms with E-state index in [1.807, 2.05) is 65.5 Å². The molecule has 0 spiro atoms. The molecular formula is C28H30N4O3. The summed E-state index contributed by atoms with van der Waals surface area (Å²) in [5, 5.41) is 7.95. The number of amides is 1. The van der Waals surface area contributed by atoms with Gasteiger partial charge >= 0.3 is 0 Å². The highest BCUT2D eigenvalue weighted by molar-refractivity contribution is 5.99. The van der Waals surface area contributed by atoms with Gasteiger partial charge in [0.2, 0.25) is 0 Å². The molecule has 1 aliphatic heterocycles. The molecule has 7 heteroatoms. The molecular weight excluding hydrogens is 440 g/mol. The van der Waals surface area contributed by atoms with Gasteiger partial charge in [0.15, 0.2) is 0 Å². The number of hydrogen-bond donors (Lipinski definition) is 1. The molecule has 7 nitrogen and oxygen atoms in total. The second-order valence-corrected chi connectivity index (χ2v) is 8.79. The normalized spacial score (nSPS) is 14.7. The number of nitrogens with zero attached hydrogens (tertiary/aromatic N) is 3. The largest absolute Gasteiger partial charge is 0.497 e. The summed E-state index contributed by atoms with van der Waals surface area (Å²) < 4.78 is 12.8. The second kappa shape index (κ2) is 10.6. The fraction of sp³-hybridized carbons (Fsp3) is 0.286. The third-order valence-electron chi connectivity index (χ3n) is 6.47. The van der Waals surface area contributed by atoms with Crippen LogP contribution in [0, 0.1) is 0 Å². The first-order chi connectivity index (χ1) is 17.2. The number of rotatable bonds is 9. The van der Waals surface area contributed by atoms with E-state index >= 15 is 0 Å². The number of aromatic nitrogens is 2. The molecule has 0 aliphatic carbocycles. The minimum atomic E-state index is -0.147. The molecule has 3 heterocycles. The van der Waals surface area contributed by atoms with Crippen LogP contribution in [-0.4, -0.2) is 47.3 Å². The van der Waals surface area contributed by atoms with E-state index in [4.69, 9.17) is 14.3 Å². The lowest BCUT2D eigenvalue weighted by molar-refractivity contribution is 0.0934. The van der Waals surface area contributed by atoms with Crippen molar-refractivity contribution in [2.24, 2.45) is 0 Å². The average Bonchev–Trinajstić information content (AvgIpc) is 3.68. The van der Waals surface area contributed by atoms with Crippen LogP contribution in [0.3, 0.4) is 0 Å². The smallest absolute Gasteiger partial charge is 0.255 e. The van der Waals surface area contributed by atoms with Gasteiger partial charge in [0, 0.05) is 18.3 Å². The summed E-state index contributed by atoms with van der Waals surface area (Å²) in [6.07, 6.45) is 5.85. The zero-order valence-corrected chi connectivity index (χ0v) is 19.9. The summed E-state index contributed by atoms with van der Waals surface area (Å²) in [5.74, 6) is 1.49. The zero-order valence-electron chi connectivity index (χ0n) is 19.9. The van der Waals surface area contributed by atoms with Crippen LogP contribution in [0.1, 0.15) is 40.6 Å². The minimum Gasteiger partial charge on any atom is -0.497 e. The maximum absolute atomic E-state index is 13.5. The molecule has 2 aromatic carbocycles. The molecule has 1 unspecified atom stereocenters. The maximum atomic E-state index is 13.5. The highest BCUT2D eigenvalue weighted by Gasteiger charge is 2.27. The number of hydrogen-bond acceptors (Lipinski definition) is 5. The molecule has 1 N–H and O–H groups in total. The van der Waals surface area contributed by atoms with E-state index in [1.165, 1.54) is 12.8 Å². The third kappa shape index (κ3) is 5.30. The Morgan fingerprint density at radius 1 is 1.06 bits per heavy atom. The van der Waals surface area contributed by atoms with Gasteiger partial charge < -0.3 is 14.5 Å². The van der Waals surface area contributed by atoms with Crippen LogP contribution in [0.2, 0.25) is 0 Å². The summed E-state index contributed by atoms with van der Waals surface area (Å²) in [4.78, 5) is 15.9. The van der Waals surface area contributed by atoms with Crippen LogP contribution in [0.15, 0.2) is 83.6 Å². The lowest BCUT2D eigenvalue weighted by Crippen LogP contribution is -2.36. The molecule has 1 fully saturated rings. The fourth-order valence-corrected chi connectivity index (χ4v) is 4.63. The Bertz CT molecular complexity index is 1230. The van der Waals surface area contributed by atoms with Crippen molar-refractivity contribution in [1.29, 1.82) is 0 Å². The van der Waals surface area contributed by atoms with Crippen molar-refractivity contribution in [2.45, 2.75) is 25.4 Å². The van der Waals surface area contributed by atoms with E-state index in [1.54, 1.807) is 13.4 Å². The Labute approximate surface area is 205 Å². The van der Waals surface area contributed by atoms with E-state index < -0.39 is 0 Å². The van der Waals surface area contributed by atoms with Crippen molar-refractivity contribution in [3.63, 3.8) is 0 Å². The van der Waals surface area contributed by atoms with E-state index in [-0.39, 0.29) is 11.9 Å². The molecule has 1 amide bonds. The summed E-state index contributed by atoms with van der Waals surface area (Å²) in [6, 6.07) is 21.6. The van der Waals surface area contributed by atoms with Gasteiger partial charge in [-0.2, -0.15) is 5.10 Å². The number of carbonyl (C=O) groups is 1. The number of benzene rings is 2. The van der Waals surface area contributed by atoms with E-state index in [0.29, 0.717) is 24.3 Å². The quantitative estimate of drug-likeness (QED) is 0.382. The first-order valence-electron chi connectivity index (χ1n) is 12.0. The van der Waals surface area contributed by atoms with Gasteiger partial charge in [-0.1, -0.05) is 30.3 Å². The summed E-state index contributed by atoms with van der Waals surface area (Å²) >= 11 is 0. The number of likely N-dealkylation sites (tertiary alicyclic amines) is 1. The Balaban J connectivity index is 1.40. The van der Waals surface area contributed by atoms with Crippen molar-refractivity contribution in [3.05, 3.63) is 96.1 Å². The molecule has 0 radical (unpaired) electrons. The van der Waals surface area contributed by atoms with Crippen LogP contribution in [0.25, 0.3) is 11.3 Å². The predicted octanol–water partition coefficient (Wildman–Crippen LogP) is 4.77. The molecule has 2 aromatic heterocycles. The second-order valence-electron chi connectivity index (χ2n) is 8.79. The van der Waals surface area contributed by atoms with Crippen LogP contribution in [-0.2, 0) is 6.54 Å². The number of carbonyl (C=O) groups excluding carboxylic acids is 1. The molecule has 35 heavy (non-hydrogen) atoms. The van der Waals surface area contributed by atoms with Gasteiger partial charge in [-0.3, -0.25) is 14.4 Å². The number of methoxy groups -OCH3 is 1. The molecule has 1 saturated heterocycles. The van der Waals surface area contributed by atoms with Crippen molar-refractivity contribution in [3.8, 4) is 17.0 Å². The molecule has 180 valence electrons. The topological polar surface area (TPSA) is 72.5 Å². The van der Waals surface area contributed by atoms with Gasteiger partial charge in [-0.25, -0.2) is 0 Å². The highest BCUT2D eigenvalue weighted by atomic mass is 16.5. The maximum Gasteiger partial charge on any atom is 0.255 e. The van der Waals surface area contributed by atoms with Crippen molar-refractivity contribution in [2.75, 3.05) is 26.7 Å². The van der Waals surface area contributed by atoms with Gasteiger partial charge in [0.05, 0.1) is 31.5 Å². The Hall–Kier alpha value is -3.84. The number of furan rings is 1. The zero-order chi connectivity index (χ0) is 24.0. The number of nitrogens with one attached hydrogen (secondary N) is 1. The summed E-state index contributed by atoms with van der Waals surface area (Å²) in [5.41, 5.74) is 3.18. The predicted molar refractivity (Wildman–Crippen MR) is 134 cm³/mol. The van der Waals surface area contributed by atoms with Crippen LogP contribution in [0.4, 0.5) is 0 Å². The monoisotopic (exact) mass is 470 g/mol. The Morgan fingerprint density at radius 2 is 1.83 bits per heavy atom. The molecule has 4 aromatic rings. The third-order valence-corrected chi connectivity index (χ3v) is 6.47. The van der Waals surface area contributed by atoms with Crippen LogP contribution < -0.4 is 10.1 Å². The van der Waals surface area contributed by atoms with E-state index in [0.717, 1.165) is 35.7 Å². The molecule has 0 bridgehead atoms. The van der Waals surface area contributed by atoms with Crippen molar-refractivity contribution in [1.82, 2.24) is 20.0 Å². The average molecular weight is 471 g/mol. The van der Waals surface area contributed by atoms with Gasteiger partial charge in [0.25, 0.3) is 5.91 Å². The molecule has 1 atom stereocenters. The molecule has 5 rings (SSSR count). The minimum absolute atomic E-state index is 0.0141. The van der Waals surface area contributed by atoms with E-state index in [2.05, 4.69) is 22.3 Å². The Kier molecular flexibility index (Phi) is 6.95. The number of ether oxygens (including phenoxy) is 1. The van der Waals surface area contributed by atoms with E-state index in [9.17, 15) is 4.79 Å². The van der Waals surface area contributed by atoms with Gasteiger partial charge in [-0.15, -0.1) is 0 Å². The summed E-state index contributed by atoms with van der Waals surface area (Å²) in [7, 11) is 1.64. The Morgan fingerprint density at radius 3 is 2.51 bits per heavy atom. The van der Waals surface area contributed by atoms with Crippen LogP contribution in [0.5, 0.6) is 5.75 Å². The first-order valence-corrected chi connectivity index (χ1v) is 12.0. The summed E-state index contributed by atoms with van der Waals surface area (Å²) in [6.45, 7) is 3.07. The van der Waals surface area contributed by atoms with Crippen molar-refractivity contribution < 1.29 is 13.9 Å². The molecule has 0 saturated carbocycles. The van der Waals surface area contributed by atoms with Gasteiger partial charge in [0.1, 0.15) is 17.2 Å². The molecule has 1 aliphatic rings. The first kappa shape index (κ1) is 22.9. The van der Waals surface area contributed by atoms with Crippen molar-refractivity contribution >= 4 is 5.91 Å². The van der Waals surface area contributed by atoms with Gasteiger partial charge in [-0.05, 0) is 67.9 Å². The SMILES string of the molecule is COc1ccc(-c2nn(Cc3ccccc3)cc2C(=O)NCC(c2ccco2)N2CCCC2)cc1. The fourth-order valence-electron chi connectivity index (χ4n) is 4.63.